The van der Waals surface area contributed by atoms with Gasteiger partial charge in [-0.05, 0) is 30.5 Å². The molecule has 2 amide bonds. The highest BCUT2D eigenvalue weighted by atomic mass is 32.2. The van der Waals surface area contributed by atoms with Gasteiger partial charge in [0.1, 0.15) is 0 Å². The molecule has 0 atom stereocenters. The molecule has 2 aromatic carbocycles. The van der Waals surface area contributed by atoms with Crippen molar-refractivity contribution in [1.82, 2.24) is 5.32 Å². The third-order valence-electron chi connectivity index (χ3n) is 5.92. The van der Waals surface area contributed by atoms with E-state index >= 15 is 0 Å². The van der Waals surface area contributed by atoms with Crippen molar-refractivity contribution in [2.75, 3.05) is 23.7 Å². The van der Waals surface area contributed by atoms with Gasteiger partial charge in [-0.3, -0.25) is 9.59 Å². The SMILES string of the molecule is O=C(CCC(=O)N1CCSc2ccccc21)NCC1(c2ccccc2)CCC1. The summed E-state index contributed by atoms with van der Waals surface area (Å²) < 4.78 is 0. The average molecular weight is 395 g/mol. The summed E-state index contributed by atoms with van der Waals surface area (Å²) in [5.41, 5.74) is 2.35. The van der Waals surface area contributed by atoms with Gasteiger partial charge in [0, 0.05) is 42.0 Å². The van der Waals surface area contributed by atoms with E-state index in [1.807, 2.05) is 35.2 Å². The summed E-state index contributed by atoms with van der Waals surface area (Å²) in [6, 6.07) is 18.4. The van der Waals surface area contributed by atoms with Gasteiger partial charge in [0.2, 0.25) is 11.8 Å². The summed E-state index contributed by atoms with van der Waals surface area (Å²) in [5.74, 6) is 0.897. The maximum atomic E-state index is 12.7. The number of carbonyl (C=O) groups is 2. The Hall–Kier alpha value is -2.27. The number of rotatable bonds is 6. The molecular weight excluding hydrogens is 368 g/mol. The molecule has 0 saturated heterocycles. The molecule has 1 aliphatic heterocycles. The van der Waals surface area contributed by atoms with Crippen molar-refractivity contribution >= 4 is 29.3 Å². The molecule has 5 heteroatoms. The second-order valence-corrected chi connectivity index (χ2v) is 8.77. The Bertz CT molecular complexity index is 849. The molecule has 0 unspecified atom stereocenters. The molecule has 4 nitrogen and oxygen atoms in total. The molecule has 0 bridgehead atoms. The van der Waals surface area contributed by atoms with Gasteiger partial charge in [0.25, 0.3) is 0 Å². The molecule has 0 spiro atoms. The number of nitrogens with zero attached hydrogens (tertiary/aromatic N) is 1. The first-order valence-electron chi connectivity index (χ1n) is 10.0. The highest BCUT2D eigenvalue weighted by Crippen LogP contribution is 2.43. The van der Waals surface area contributed by atoms with Crippen LogP contribution in [0.5, 0.6) is 0 Å². The van der Waals surface area contributed by atoms with Gasteiger partial charge >= 0.3 is 0 Å². The Morgan fingerprint density at radius 1 is 1.00 bits per heavy atom. The Kier molecular flexibility index (Phi) is 5.72. The van der Waals surface area contributed by atoms with E-state index in [9.17, 15) is 9.59 Å². The van der Waals surface area contributed by atoms with Crippen molar-refractivity contribution < 1.29 is 9.59 Å². The number of para-hydroxylation sites is 1. The van der Waals surface area contributed by atoms with Crippen LogP contribution >= 0.6 is 11.8 Å². The first-order chi connectivity index (χ1) is 13.7. The summed E-state index contributed by atoms with van der Waals surface area (Å²) in [6.07, 6.45) is 3.92. The minimum absolute atomic E-state index is 0.0318. The molecule has 0 aromatic heterocycles. The Balaban J connectivity index is 1.30. The van der Waals surface area contributed by atoms with Crippen LogP contribution in [0, 0.1) is 0 Å². The molecule has 2 aliphatic rings. The molecule has 1 fully saturated rings. The fourth-order valence-corrected chi connectivity index (χ4v) is 5.10. The lowest BCUT2D eigenvalue weighted by Crippen LogP contribution is -2.45. The number of nitrogens with one attached hydrogen (secondary N) is 1. The van der Waals surface area contributed by atoms with Crippen LogP contribution in [-0.4, -0.2) is 30.7 Å². The number of thioether (sulfide) groups is 1. The summed E-state index contributed by atoms with van der Waals surface area (Å²) in [7, 11) is 0. The smallest absolute Gasteiger partial charge is 0.227 e. The van der Waals surface area contributed by atoms with Crippen LogP contribution in [0.2, 0.25) is 0 Å². The van der Waals surface area contributed by atoms with E-state index in [0.717, 1.165) is 29.2 Å². The lowest BCUT2D eigenvalue weighted by atomic mass is 9.64. The topological polar surface area (TPSA) is 49.4 Å². The maximum absolute atomic E-state index is 12.7. The Morgan fingerprint density at radius 3 is 2.50 bits per heavy atom. The van der Waals surface area contributed by atoms with Gasteiger partial charge in [0.05, 0.1) is 5.69 Å². The van der Waals surface area contributed by atoms with Crippen LogP contribution < -0.4 is 10.2 Å². The fourth-order valence-electron chi connectivity index (χ4n) is 4.10. The van der Waals surface area contributed by atoms with Crippen LogP contribution in [0.4, 0.5) is 5.69 Å². The van der Waals surface area contributed by atoms with E-state index in [0.29, 0.717) is 13.1 Å². The second kappa shape index (κ2) is 8.39. The minimum atomic E-state index is -0.0322. The van der Waals surface area contributed by atoms with Gasteiger partial charge in [-0.2, -0.15) is 0 Å². The predicted molar refractivity (Wildman–Crippen MR) is 114 cm³/mol. The first kappa shape index (κ1) is 19.1. The molecule has 2 aromatic rings. The normalized spacial score (nSPS) is 17.4. The number of fused-ring (bicyclic) bond motifs is 1. The predicted octanol–water partition coefficient (Wildman–Crippen LogP) is 4.14. The van der Waals surface area contributed by atoms with Gasteiger partial charge < -0.3 is 10.2 Å². The fraction of sp³-hybridized carbons (Fsp3) is 0.391. The second-order valence-electron chi connectivity index (χ2n) is 7.64. The van der Waals surface area contributed by atoms with E-state index in [4.69, 9.17) is 0 Å². The number of hydrogen-bond donors (Lipinski definition) is 1. The van der Waals surface area contributed by atoms with Crippen molar-refractivity contribution in [2.45, 2.75) is 42.4 Å². The number of benzene rings is 2. The van der Waals surface area contributed by atoms with Crippen molar-refractivity contribution in [3.63, 3.8) is 0 Å². The molecular formula is C23H26N2O2S. The van der Waals surface area contributed by atoms with Crippen LogP contribution in [-0.2, 0) is 15.0 Å². The molecule has 0 radical (unpaired) electrons. The zero-order valence-corrected chi connectivity index (χ0v) is 16.8. The number of amides is 2. The van der Waals surface area contributed by atoms with E-state index in [1.165, 1.54) is 12.0 Å². The number of anilines is 1. The molecule has 28 heavy (non-hydrogen) atoms. The van der Waals surface area contributed by atoms with Gasteiger partial charge in [0.15, 0.2) is 0 Å². The van der Waals surface area contributed by atoms with Crippen molar-refractivity contribution in [3.05, 3.63) is 60.2 Å². The number of hydrogen-bond acceptors (Lipinski definition) is 3. The Morgan fingerprint density at radius 2 is 1.75 bits per heavy atom. The lowest BCUT2D eigenvalue weighted by Gasteiger charge is -2.42. The molecule has 1 saturated carbocycles. The highest BCUT2D eigenvalue weighted by molar-refractivity contribution is 7.99. The van der Waals surface area contributed by atoms with E-state index in [2.05, 4.69) is 29.6 Å². The maximum Gasteiger partial charge on any atom is 0.227 e. The van der Waals surface area contributed by atoms with Gasteiger partial charge in [-0.1, -0.05) is 48.9 Å². The van der Waals surface area contributed by atoms with Crippen molar-refractivity contribution in [3.8, 4) is 0 Å². The van der Waals surface area contributed by atoms with Gasteiger partial charge in [-0.25, -0.2) is 0 Å². The molecule has 146 valence electrons. The highest BCUT2D eigenvalue weighted by Gasteiger charge is 2.38. The summed E-state index contributed by atoms with van der Waals surface area (Å²) in [4.78, 5) is 28.1. The third-order valence-corrected chi connectivity index (χ3v) is 6.96. The molecule has 4 rings (SSSR count). The number of carbonyl (C=O) groups excluding carboxylic acids is 2. The molecule has 1 heterocycles. The summed E-state index contributed by atoms with van der Waals surface area (Å²) in [5, 5.41) is 3.09. The monoisotopic (exact) mass is 394 g/mol. The van der Waals surface area contributed by atoms with Crippen LogP contribution in [0.15, 0.2) is 59.5 Å². The lowest BCUT2D eigenvalue weighted by molar-refractivity contribution is -0.125. The zero-order chi connectivity index (χ0) is 19.4. The van der Waals surface area contributed by atoms with E-state index in [1.54, 1.807) is 11.8 Å². The summed E-state index contributed by atoms with van der Waals surface area (Å²) in [6.45, 7) is 1.37. The van der Waals surface area contributed by atoms with Crippen molar-refractivity contribution in [2.24, 2.45) is 0 Å². The van der Waals surface area contributed by atoms with Crippen LogP contribution in [0.1, 0.15) is 37.7 Å². The largest absolute Gasteiger partial charge is 0.355 e. The zero-order valence-electron chi connectivity index (χ0n) is 16.0. The average Bonchev–Trinajstić information content (AvgIpc) is 2.71. The molecule has 1 aliphatic carbocycles. The quantitative estimate of drug-likeness (QED) is 0.801. The molecule has 1 N–H and O–H groups in total. The van der Waals surface area contributed by atoms with Gasteiger partial charge in [-0.15, -0.1) is 11.8 Å². The first-order valence-corrected chi connectivity index (χ1v) is 11.0. The Labute approximate surface area is 170 Å². The standard InChI is InChI=1S/C23H26N2O2S/c26-21(24-17-23(13-6-14-23)18-7-2-1-3-8-18)11-12-22(27)25-15-16-28-20-10-5-4-9-19(20)25/h1-5,7-10H,6,11-17H2,(H,24,26). The van der Waals surface area contributed by atoms with E-state index < -0.39 is 0 Å². The van der Waals surface area contributed by atoms with E-state index in [-0.39, 0.29) is 30.1 Å². The summed E-state index contributed by atoms with van der Waals surface area (Å²) >= 11 is 1.78. The van der Waals surface area contributed by atoms with Crippen LogP contribution in [0.3, 0.4) is 0 Å². The van der Waals surface area contributed by atoms with Crippen LogP contribution in [0.25, 0.3) is 0 Å². The van der Waals surface area contributed by atoms with Crippen molar-refractivity contribution in [1.29, 1.82) is 0 Å². The minimum Gasteiger partial charge on any atom is -0.355 e. The third kappa shape index (κ3) is 3.95.